The molecule has 0 bridgehead atoms. The molecule has 7 heteroatoms. The molecule has 6 nitrogen and oxygen atoms in total. The standard InChI is InChI=1S/C23H26FN3O3/c1-15(28)25-20-12-22-18(4-7-21(22)23(13-20)27(29)30)14-26-10-8-17(9-11-26)16-2-5-19(24)6-3-16/h2-3,5-6,12-13,17-18H,4,7-11,14H2,1H3,(H,25,28). The van der Waals surface area contributed by atoms with Gasteiger partial charge in [0, 0.05) is 30.8 Å². The predicted octanol–water partition coefficient (Wildman–Crippen LogP) is 4.60. The molecule has 4 rings (SSSR count). The number of anilines is 1. The fourth-order valence-electron chi connectivity index (χ4n) is 4.91. The van der Waals surface area contributed by atoms with Crippen molar-refractivity contribution in [1.82, 2.24) is 4.90 Å². The molecule has 1 saturated heterocycles. The molecular weight excluding hydrogens is 385 g/mol. The van der Waals surface area contributed by atoms with Crippen molar-refractivity contribution in [2.24, 2.45) is 0 Å². The second-order valence-corrected chi connectivity index (χ2v) is 8.36. The number of hydrogen-bond acceptors (Lipinski definition) is 4. The van der Waals surface area contributed by atoms with Crippen LogP contribution in [-0.2, 0) is 11.2 Å². The van der Waals surface area contributed by atoms with Gasteiger partial charge in [-0.1, -0.05) is 12.1 Å². The van der Waals surface area contributed by atoms with Gasteiger partial charge in [0.2, 0.25) is 5.91 Å². The van der Waals surface area contributed by atoms with Crippen molar-refractivity contribution in [3.63, 3.8) is 0 Å². The summed E-state index contributed by atoms with van der Waals surface area (Å²) in [7, 11) is 0. The highest BCUT2D eigenvalue weighted by atomic mass is 19.1. The van der Waals surface area contributed by atoms with Crippen LogP contribution in [0, 0.1) is 15.9 Å². The molecule has 1 fully saturated rings. The van der Waals surface area contributed by atoms with Crippen LogP contribution >= 0.6 is 0 Å². The molecule has 0 spiro atoms. The first-order valence-electron chi connectivity index (χ1n) is 10.5. The Morgan fingerprint density at radius 2 is 1.90 bits per heavy atom. The summed E-state index contributed by atoms with van der Waals surface area (Å²) >= 11 is 0. The monoisotopic (exact) mass is 411 g/mol. The van der Waals surface area contributed by atoms with E-state index in [1.54, 1.807) is 0 Å². The Morgan fingerprint density at radius 3 is 2.53 bits per heavy atom. The number of rotatable bonds is 5. The van der Waals surface area contributed by atoms with Gasteiger partial charge < -0.3 is 10.2 Å². The third kappa shape index (κ3) is 4.36. The molecule has 1 heterocycles. The SMILES string of the molecule is CC(=O)Nc1cc2c(c([N+](=O)[O-])c1)CCC2CN1CCC(c2ccc(F)cc2)CC1. The molecule has 30 heavy (non-hydrogen) atoms. The third-order valence-electron chi connectivity index (χ3n) is 6.37. The molecule has 0 aromatic heterocycles. The molecule has 1 unspecified atom stereocenters. The van der Waals surface area contributed by atoms with Crippen LogP contribution in [0.1, 0.15) is 54.7 Å². The minimum absolute atomic E-state index is 0.105. The first-order valence-corrected chi connectivity index (χ1v) is 10.5. The minimum Gasteiger partial charge on any atom is -0.326 e. The number of carbonyl (C=O) groups excluding carboxylic acids is 1. The van der Waals surface area contributed by atoms with Crippen LogP contribution in [-0.4, -0.2) is 35.4 Å². The van der Waals surface area contributed by atoms with E-state index in [1.807, 2.05) is 18.2 Å². The fraction of sp³-hybridized carbons (Fsp3) is 0.435. The van der Waals surface area contributed by atoms with Gasteiger partial charge in [-0.2, -0.15) is 0 Å². The molecule has 158 valence electrons. The first-order chi connectivity index (χ1) is 14.4. The highest BCUT2D eigenvalue weighted by Crippen LogP contribution is 2.41. The summed E-state index contributed by atoms with van der Waals surface area (Å²) in [6.07, 6.45) is 3.63. The van der Waals surface area contributed by atoms with Gasteiger partial charge in [0.15, 0.2) is 0 Å². The normalized spacial score (nSPS) is 19.5. The van der Waals surface area contributed by atoms with Gasteiger partial charge in [0.1, 0.15) is 5.82 Å². The van der Waals surface area contributed by atoms with Crippen LogP contribution in [0.2, 0.25) is 0 Å². The zero-order valence-electron chi connectivity index (χ0n) is 17.1. The molecule has 2 aromatic carbocycles. The van der Waals surface area contributed by atoms with E-state index in [1.165, 1.54) is 30.7 Å². The molecule has 1 amide bonds. The van der Waals surface area contributed by atoms with Crippen LogP contribution in [0.3, 0.4) is 0 Å². The van der Waals surface area contributed by atoms with Crippen molar-refractivity contribution in [1.29, 1.82) is 0 Å². The molecular formula is C23H26FN3O3. The van der Waals surface area contributed by atoms with Gasteiger partial charge in [0.25, 0.3) is 5.69 Å². The third-order valence-corrected chi connectivity index (χ3v) is 6.37. The topological polar surface area (TPSA) is 75.5 Å². The molecule has 2 aromatic rings. The Balaban J connectivity index is 1.45. The second kappa shape index (κ2) is 8.52. The maximum Gasteiger partial charge on any atom is 0.274 e. The van der Waals surface area contributed by atoms with Crippen molar-refractivity contribution >= 4 is 17.3 Å². The molecule has 1 aliphatic heterocycles. The van der Waals surface area contributed by atoms with Crippen molar-refractivity contribution in [2.45, 2.75) is 44.4 Å². The van der Waals surface area contributed by atoms with Crippen molar-refractivity contribution in [3.8, 4) is 0 Å². The van der Waals surface area contributed by atoms with Crippen molar-refractivity contribution in [2.75, 3.05) is 25.0 Å². The van der Waals surface area contributed by atoms with Crippen LogP contribution in [0.5, 0.6) is 0 Å². The first kappa shape index (κ1) is 20.5. The smallest absolute Gasteiger partial charge is 0.274 e. The maximum absolute atomic E-state index is 13.2. The van der Waals surface area contributed by atoms with Gasteiger partial charge in [0.05, 0.1) is 4.92 Å². The number of fused-ring (bicyclic) bond motifs is 1. The molecule has 1 atom stereocenters. The van der Waals surface area contributed by atoms with Crippen molar-refractivity contribution < 1.29 is 14.1 Å². The lowest BCUT2D eigenvalue weighted by molar-refractivity contribution is -0.385. The molecule has 1 aliphatic carbocycles. The lowest BCUT2D eigenvalue weighted by Gasteiger charge is -2.34. The van der Waals surface area contributed by atoms with Crippen LogP contribution < -0.4 is 5.32 Å². The minimum atomic E-state index is -0.347. The molecule has 0 saturated carbocycles. The summed E-state index contributed by atoms with van der Waals surface area (Å²) in [6, 6.07) is 10.2. The lowest BCUT2D eigenvalue weighted by atomic mass is 9.88. The van der Waals surface area contributed by atoms with Gasteiger partial charge in [-0.05, 0) is 79.9 Å². The number of hydrogen-bond donors (Lipinski definition) is 1. The van der Waals surface area contributed by atoms with E-state index in [4.69, 9.17) is 0 Å². The zero-order chi connectivity index (χ0) is 21.3. The number of likely N-dealkylation sites (tertiary alicyclic amines) is 1. The van der Waals surface area contributed by atoms with Crippen molar-refractivity contribution in [3.05, 3.63) is 69.0 Å². The van der Waals surface area contributed by atoms with E-state index < -0.39 is 0 Å². The van der Waals surface area contributed by atoms with E-state index in [-0.39, 0.29) is 28.3 Å². The quantitative estimate of drug-likeness (QED) is 0.576. The average molecular weight is 411 g/mol. The number of piperidine rings is 1. The number of nitro groups is 1. The molecule has 1 N–H and O–H groups in total. The lowest BCUT2D eigenvalue weighted by Crippen LogP contribution is -2.35. The summed E-state index contributed by atoms with van der Waals surface area (Å²) in [4.78, 5) is 25.1. The van der Waals surface area contributed by atoms with Gasteiger partial charge in [-0.15, -0.1) is 0 Å². The Labute approximate surface area is 175 Å². The van der Waals surface area contributed by atoms with Crippen LogP contribution in [0.4, 0.5) is 15.8 Å². The van der Waals surface area contributed by atoms with E-state index in [9.17, 15) is 19.3 Å². The summed E-state index contributed by atoms with van der Waals surface area (Å²) in [5, 5.41) is 14.2. The molecule has 0 radical (unpaired) electrons. The Kier molecular flexibility index (Phi) is 5.81. The number of carbonyl (C=O) groups is 1. The van der Waals surface area contributed by atoms with Gasteiger partial charge in [-0.25, -0.2) is 4.39 Å². The predicted molar refractivity (Wildman–Crippen MR) is 113 cm³/mol. The maximum atomic E-state index is 13.2. The van der Waals surface area contributed by atoms with E-state index in [0.717, 1.165) is 50.0 Å². The van der Waals surface area contributed by atoms with Crippen LogP contribution in [0.15, 0.2) is 36.4 Å². The number of halogens is 1. The van der Waals surface area contributed by atoms with Crippen LogP contribution in [0.25, 0.3) is 0 Å². The highest BCUT2D eigenvalue weighted by molar-refractivity contribution is 5.89. The summed E-state index contributed by atoms with van der Waals surface area (Å²) in [6.45, 7) is 4.19. The average Bonchev–Trinajstić information content (AvgIpc) is 3.11. The summed E-state index contributed by atoms with van der Waals surface area (Å²) in [5.41, 5.74) is 3.59. The Morgan fingerprint density at radius 1 is 1.20 bits per heavy atom. The number of nitrogens with zero attached hydrogens (tertiary/aromatic N) is 2. The van der Waals surface area contributed by atoms with Gasteiger partial charge >= 0.3 is 0 Å². The molecule has 2 aliphatic rings. The highest BCUT2D eigenvalue weighted by Gasteiger charge is 2.32. The largest absolute Gasteiger partial charge is 0.326 e. The summed E-state index contributed by atoms with van der Waals surface area (Å²) in [5.74, 6) is 0.241. The number of benzene rings is 2. The van der Waals surface area contributed by atoms with E-state index in [0.29, 0.717) is 18.0 Å². The zero-order valence-corrected chi connectivity index (χ0v) is 17.1. The van der Waals surface area contributed by atoms with E-state index >= 15 is 0 Å². The Hall–Kier alpha value is -2.80. The van der Waals surface area contributed by atoms with E-state index in [2.05, 4.69) is 10.2 Å². The number of nitro benzene ring substituents is 1. The van der Waals surface area contributed by atoms with Gasteiger partial charge in [-0.3, -0.25) is 14.9 Å². The Bertz CT molecular complexity index is 953. The number of amides is 1. The number of nitrogens with one attached hydrogen (secondary N) is 1. The fourth-order valence-corrected chi connectivity index (χ4v) is 4.91. The second-order valence-electron chi connectivity index (χ2n) is 8.36. The summed E-state index contributed by atoms with van der Waals surface area (Å²) < 4.78 is 13.2.